The van der Waals surface area contributed by atoms with Gasteiger partial charge in [0.15, 0.2) is 5.16 Å². The topological polar surface area (TPSA) is 46.9 Å². The first kappa shape index (κ1) is 15.6. The molecule has 1 aromatic carbocycles. The summed E-state index contributed by atoms with van der Waals surface area (Å²) >= 11 is 1.46. The Morgan fingerprint density at radius 3 is 2.86 bits per heavy atom. The van der Waals surface area contributed by atoms with Crippen LogP contribution in [0.3, 0.4) is 0 Å². The van der Waals surface area contributed by atoms with Crippen LogP contribution in [-0.4, -0.2) is 20.7 Å². The summed E-state index contributed by atoms with van der Waals surface area (Å²) in [6.45, 7) is 6.01. The predicted molar refractivity (Wildman–Crippen MR) is 87.7 cm³/mol. The van der Waals surface area contributed by atoms with Gasteiger partial charge in [0.1, 0.15) is 0 Å². The van der Waals surface area contributed by atoms with Gasteiger partial charge in [0.25, 0.3) is 0 Å². The maximum absolute atomic E-state index is 12.4. The molecule has 0 aliphatic heterocycles. The summed E-state index contributed by atoms with van der Waals surface area (Å²) in [6, 6.07) is 6.10. The van der Waals surface area contributed by atoms with Gasteiger partial charge in [0.2, 0.25) is 5.91 Å². The molecule has 0 radical (unpaired) electrons. The summed E-state index contributed by atoms with van der Waals surface area (Å²) in [5, 5.41) is 3.71. The Hall–Kier alpha value is -1.75. The van der Waals surface area contributed by atoms with Gasteiger partial charge in [-0.1, -0.05) is 36.9 Å². The van der Waals surface area contributed by atoms with Crippen molar-refractivity contribution in [2.24, 2.45) is 7.05 Å². The number of aromatic nitrogens is 2. The SMILES string of the molecule is CCc1cccc(C)c1NC(=O)C(C)Sc1nccn1C. The number of nitrogens with zero attached hydrogens (tertiary/aromatic N) is 2. The summed E-state index contributed by atoms with van der Waals surface area (Å²) in [5.41, 5.74) is 3.20. The van der Waals surface area contributed by atoms with Crippen molar-refractivity contribution in [3.05, 3.63) is 41.7 Å². The molecule has 0 aliphatic carbocycles. The second-order valence-corrected chi connectivity index (χ2v) is 6.34. The number of aryl methyl sites for hydroxylation is 3. The molecule has 0 spiro atoms. The van der Waals surface area contributed by atoms with Crippen molar-refractivity contribution in [1.82, 2.24) is 9.55 Å². The van der Waals surface area contributed by atoms with Crippen molar-refractivity contribution in [2.75, 3.05) is 5.32 Å². The summed E-state index contributed by atoms with van der Waals surface area (Å²) in [7, 11) is 1.93. The van der Waals surface area contributed by atoms with Crippen LogP contribution in [0.15, 0.2) is 35.7 Å². The zero-order valence-corrected chi connectivity index (χ0v) is 13.7. The predicted octanol–water partition coefficient (Wildman–Crippen LogP) is 3.41. The molecule has 1 amide bonds. The third-order valence-corrected chi connectivity index (χ3v) is 4.59. The summed E-state index contributed by atoms with van der Waals surface area (Å²) in [4.78, 5) is 16.6. The van der Waals surface area contributed by atoms with E-state index in [0.29, 0.717) is 0 Å². The molecular weight excluding hydrogens is 282 g/mol. The monoisotopic (exact) mass is 303 g/mol. The number of carbonyl (C=O) groups excluding carboxylic acids is 1. The minimum atomic E-state index is -0.199. The third kappa shape index (κ3) is 3.67. The minimum absolute atomic E-state index is 0.00648. The van der Waals surface area contributed by atoms with Crippen molar-refractivity contribution < 1.29 is 4.79 Å². The number of rotatable bonds is 5. The molecule has 0 saturated carbocycles. The highest BCUT2D eigenvalue weighted by Crippen LogP contribution is 2.25. The summed E-state index contributed by atoms with van der Waals surface area (Å²) < 4.78 is 1.92. The van der Waals surface area contributed by atoms with Gasteiger partial charge in [-0.05, 0) is 31.4 Å². The van der Waals surface area contributed by atoms with Crippen molar-refractivity contribution in [3.8, 4) is 0 Å². The largest absolute Gasteiger partial charge is 0.329 e. The Morgan fingerprint density at radius 1 is 1.48 bits per heavy atom. The number of nitrogens with one attached hydrogen (secondary N) is 1. The van der Waals surface area contributed by atoms with E-state index in [2.05, 4.69) is 23.3 Å². The zero-order valence-electron chi connectivity index (χ0n) is 12.9. The smallest absolute Gasteiger partial charge is 0.237 e. The van der Waals surface area contributed by atoms with E-state index in [1.807, 2.05) is 43.8 Å². The number of imidazole rings is 1. The van der Waals surface area contributed by atoms with Gasteiger partial charge in [0, 0.05) is 25.1 Å². The van der Waals surface area contributed by atoms with Crippen LogP contribution in [0, 0.1) is 6.92 Å². The van der Waals surface area contributed by atoms with Crippen LogP contribution in [0.1, 0.15) is 25.0 Å². The highest BCUT2D eigenvalue weighted by molar-refractivity contribution is 8.00. The van der Waals surface area contributed by atoms with Gasteiger partial charge in [-0.2, -0.15) is 0 Å². The molecule has 4 nitrogen and oxygen atoms in total. The molecule has 1 aromatic heterocycles. The maximum Gasteiger partial charge on any atom is 0.237 e. The quantitative estimate of drug-likeness (QED) is 0.861. The molecule has 2 aromatic rings. The highest BCUT2D eigenvalue weighted by atomic mass is 32.2. The molecule has 0 aliphatic rings. The van der Waals surface area contributed by atoms with Crippen LogP contribution >= 0.6 is 11.8 Å². The third-order valence-electron chi connectivity index (χ3n) is 3.42. The van der Waals surface area contributed by atoms with Crippen LogP contribution in [0.4, 0.5) is 5.69 Å². The van der Waals surface area contributed by atoms with Gasteiger partial charge < -0.3 is 9.88 Å². The van der Waals surface area contributed by atoms with Gasteiger partial charge in [0.05, 0.1) is 5.25 Å². The molecule has 21 heavy (non-hydrogen) atoms. The van der Waals surface area contributed by atoms with Crippen LogP contribution < -0.4 is 5.32 Å². The number of hydrogen-bond donors (Lipinski definition) is 1. The van der Waals surface area contributed by atoms with Crippen LogP contribution in [0.2, 0.25) is 0 Å². The fourth-order valence-electron chi connectivity index (χ4n) is 2.10. The van der Waals surface area contributed by atoms with Crippen LogP contribution in [-0.2, 0) is 18.3 Å². The highest BCUT2D eigenvalue weighted by Gasteiger charge is 2.18. The number of hydrogen-bond acceptors (Lipinski definition) is 3. The molecule has 1 atom stereocenters. The molecule has 0 fully saturated rings. The lowest BCUT2D eigenvalue weighted by molar-refractivity contribution is -0.115. The van der Waals surface area contributed by atoms with E-state index in [4.69, 9.17) is 0 Å². The average molecular weight is 303 g/mol. The fraction of sp³-hybridized carbons (Fsp3) is 0.375. The first-order valence-corrected chi connectivity index (χ1v) is 7.94. The lowest BCUT2D eigenvalue weighted by atomic mass is 10.1. The van der Waals surface area contributed by atoms with Gasteiger partial charge >= 0.3 is 0 Å². The van der Waals surface area contributed by atoms with E-state index in [1.165, 1.54) is 11.8 Å². The molecule has 112 valence electrons. The van der Waals surface area contributed by atoms with Crippen molar-refractivity contribution in [2.45, 2.75) is 37.6 Å². The first-order chi connectivity index (χ1) is 10.0. The van der Waals surface area contributed by atoms with E-state index in [1.54, 1.807) is 6.20 Å². The van der Waals surface area contributed by atoms with Crippen LogP contribution in [0.5, 0.6) is 0 Å². The molecule has 0 saturated heterocycles. The number of anilines is 1. The molecule has 2 rings (SSSR count). The fourth-order valence-corrected chi connectivity index (χ4v) is 2.94. The van der Waals surface area contributed by atoms with E-state index >= 15 is 0 Å². The van der Waals surface area contributed by atoms with Crippen molar-refractivity contribution in [1.29, 1.82) is 0 Å². The van der Waals surface area contributed by atoms with Gasteiger partial charge in [-0.25, -0.2) is 4.98 Å². The van der Waals surface area contributed by atoms with Crippen molar-refractivity contribution in [3.63, 3.8) is 0 Å². The second kappa shape index (κ2) is 6.80. The number of carbonyl (C=O) groups is 1. The maximum atomic E-state index is 12.4. The molecular formula is C16H21N3OS. The van der Waals surface area contributed by atoms with E-state index < -0.39 is 0 Å². The lowest BCUT2D eigenvalue weighted by Crippen LogP contribution is -2.24. The normalized spacial score (nSPS) is 12.2. The van der Waals surface area contributed by atoms with Crippen LogP contribution in [0.25, 0.3) is 0 Å². The average Bonchev–Trinajstić information content (AvgIpc) is 2.86. The molecule has 5 heteroatoms. The molecule has 1 N–H and O–H groups in total. The second-order valence-electron chi connectivity index (χ2n) is 5.03. The lowest BCUT2D eigenvalue weighted by Gasteiger charge is -2.16. The van der Waals surface area contributed by atoms with Crippen molar-refractivity contribution >= 4 is 23.4 Å². The Bertz CT molecular complexity index is 636. The standard InChI is InChI=1S/C16H21N3OS/c1-5-13-8-6-7-11(2)14(13)18-15(20)12(3)21-16-17-9-10-19(16)4/h6-10,12H,5H2,1-4H3,(H,18,20). The Morgan fingerprint density at radius 2 is 2.24 bits per heavy atom. The number of amides is 1. The van der Waals surface area contributed by atoms with E-state index in [0.717, 1.165) is 28.4 Å². The van der Waals surface area contributed by atoms with Gasteiger partial charge in [-0.3, -0.25) is 4.79 Å². The van der Waals surface area contributed by atoms with Gasteiger partial charge in [-0.15, -0.1) is 0 Å². The Labute approximate surface area is 130 Å². The number of benzene rings is 1. The molecule has 0 bridgehead atoms. The summed E-state index contributed by atoms with van der Waals surface area (Å²) in [6.07, 6.45) is 4.52. The number of para-hydroxylation sites is 1. The Kier molecular flexibility index (Phi) is 5.07. The zero-order chi connectivity index (χ0) is 15.4. The molecule has 1 unspecified atom stereocenters. The molecule has 1 heterocycles. The first-order valence-electron chi connectivity index (χ1n) is 7.06. The van der Waals surface area contributed by atoms with E-state index in [9.17, 15) is 4.79 Å². The number of thioether (sulfide) groups is 1. The minimum Gasteiger partial charge on any atom is -0.329 e. The van der Waals surface area contributed by atoms with E-state index in [-0.39, 0.29) is 11.2 Å². The summed E-state index contributed by atoms with van der Waals surface area (Å²) in [5.74, 6) is 0.00648. The Balaban J connectivity index is 2.09.